The van der Waals surface area contributed by atoms with Gasteiger partial charge in [0.2, 0.25) is 24.5 Å². The number of hydrogen-bond donors (Lipinski definition) is 7. The number of benzene rings is 9. The van der Waals surface area contributed by atoms with E-state index in [1.807, 2.05) is 126 Å². The van der Waals surface area contributed by atoms with Crippen LogP contribution >= 0.6 is 11.3 Å². The van der Waals surface area contributed by atoms with Gasteiger partial charge in [-0.15, -0.1) is 11.3 Å². The molecule has 0 unspecified atom stereocenters. The summed E-state index contributed by atoms with van der Waals surface area (Å²) in [4.78, 5) is 114. The van der Waals surface area contributed by atoms with Crippen LogP contribution in [0.25, 0.3) is 117 Å². The highest BCUT2D eigenvalue weighted by atomic mass is 32.1. The molecule has 7 aliphatic rings. The number of halogens is 2. The second-order valence-electron chi connectivity index (χ2n) is 36.3. The SMILES string of the molecule is CO[C@@]1(C(=O)Nc2ccc3[nH]nc(-c4ccc(F)c(N)c4)c3c2)CCN(CC(=O)N2CC=C(c3ccc(-c4ncccn4)cc3)CC2)C1.CO[C@@]1(C(=O)Nc2ccc3[nH]nc(-c4ccc(F)cc4)c3c2)CCN(CC(=O)N2CC=C(c3ccc(-c4nccs4)cc3)CC2)C1.CO[C@@]1(C(=O)Nc2ccc3[nH]nc(-c4ccc5c(c4)OCO5)c3c2)CCN(CC(=O)N2CC=C(c3ccc(-c4ncccn4)cc3)CC2)C1. The number of nitrogens with one attached hydrogen (secondary N) is 6. The molecule has 143 heavy (non-hydrogen) atoms. The highest BCUT2D eigenvalue weighted by Gasteiger charge is 2.49. The van der Waals surface area contributed by atoms with Crippen molar-refractivity contribution in [1.82, 2.24) is 84.9 Å². The molecule has 3 saturated heterocycles. The van der Waals surface area contributed by atoms with E-state index in [-0.39, 0.29) is 73.4 Å². The fraction of sp³-hybridized carbons (Fsp3) is 0.259. The number of anilines is 4. The maximum Gasteiger partial charge on any atom is 0.258 e. The van der Waals surface area contributed by atoms with Gasteiger partial charge in [-0.3, -0.25) is 58.8 Å². The van der Waals surface area contributed by atoms with Gasteiger partial charge < -0.3 is 60.1 Å². The molecule has 8 N–H and O–H groups in total. The van der Waals surface area contributed by atoms with Crippen LogP contribution < -0.4 is 31.2 Å². The lowest BCUT2D eigenvalue weighted by Gasteiger charge is -2.30. The molecule has 0 radical (unpaired) electrons. The average Bonchev–Trinajstić information content (AvgIpc) is 1.64. The Balaban J connectivity index is 0.000000131. The average molecular weight is 1940 g/mol. The highest BCUT2D eigenvalue weighted by molar-refractivity contribution is 7.13. The first-order valence-corrected chi connectivity index (χ1v) is 48.2. The van der Waals surface area contributed by atoms with Crippen LogP contribution in [-0.2, 0) is 43.0 Å². The summed E-state index contributed by atoms with van der Waals surface area (Å²) in [5, 5.41) is 36.8. The van der Waals surface area contributed by atoms with Gasteiger partial charge in [0, 0.05) is 203 Å². The number of amides is 6. The number of ether oxygens (including phenoxy) is 5. The maximum absolute atomic E-state index is 13.8. The molecular weight excluding hydrogens is 1840 g/mol. The second kappa shape index (κ2) is 41.6. The van der Waals surface area contributed by atoms with Crippen molar-refractivity contribution in [3.8, 4) is 78.6 Å². The molecule has 0 spiro atoms. The molecule has 35 heteroatoms. The Hall–Kier alpha value is -15.8. The van der Waals surface area contributed by atoms with Crippen LogP contribution in [-0.4, -0.2) is 263 Å². The van der Waals surface area contributed by atoms with E-state index in [1.165, 1.54) is 60.8 Å². The topological polar surface area (TPSA) is 381 Å². The molecule has 3 fully saturated rings. The summed E-state index contributed by atoms with van der Waals surface area (Å²) in [5.74, 6) is 1.26. The van der Waals surface area contributed by atoms with Gasteiger partial charge in [0.05, 0.1) is 47.6 Å². The third-order valence-corrected chi connectivity index (χ3v) is 28.5. The molecule has 3 atom stereocenters. The summed E-state index contributed by atoms with van der Waals surface area (Å²) < 4.78 is 55.7. The first-order chi connectivity index (χ1) is 69.7. The number of carbonyl (C=O) groups excluding carboxylic acids is 6. The van der Waals surface area contributed by atoms with E-state index < -0.39 is 22.6 Å². The predicted octanol–water partition coefficient (Wildman–Crippen LogP) is 15.4. The molecular formula is C108H103F2N21O11S. The zero-order chi connectivity index (χ0) is 98.3. The van der Waals surface area contributed by atoms with E-state index >= 15 is 0 Å². The molecule has 0 bridgehead atoms. The maximum atomic E-state index is 13.8. The molecule has 0 saturated carbocycles. The highest BCUT2D eigenvalue weighted by Crippen LogP contribution is 2.42. The summed E-state index contributed by atoms with van der Waals surface area (Å²) in [6, 6.07) is 61.3. The first kappa shape index (κ1) is 94.8. The van der Waals surface area contributed by atoms with Crippen molar-refractivity contribution < 1.29 is 61.2 Å². The third kappa shape index (κ3) is 20.6. The molecule has 15 aromatic rings. The van der Waals surface area contributed by atoms with Crippen molar-refractivity contribution in [3.63, 3.8) is 0 Å². The summed E-state index contributed by atoms with van der Waals surface area (Å²) in [6.45, 7) is 7.05. The molecule has 0 aliphatic carbocycles. The van der Waals surface area contributed by atoms with Crippen LogP contribution in [0.4, 0.5) is 31.5 Å². The first-order valence-electron chi connectivity index (χ1n) is 47.3. The smallest absolute Gasteiger partial charge is 0.258 e. The van der Waals surface area contributed by atoms with Crippen LogP contribution in [0, 0.1) is 11.6 Å². The Kier molecular flexibility index (Phi) is 27.6. The fourth-order valence-corrected chi connectivity index (χ4v) is 20.1. The van der Waals surface area contributed by atoms with Gasteiger partial charge in [0.15, 0.2) is 40.0 Å². The van der Waals surface area contributed by atoms with E-state index in [0.717, 1.165) is 102 Å². The fourth-order valence-electron chi connectivity index (χ4n) is 19.4. The minimum absolute atomic E-state index is 0.0218. The number of hydrogen-bond acceptors (Lipinski definition) is 24. The standard InChI is InChI=1S/C37H35N7O5.C36H35FN8O3.C35H33FN6O3S/c1-47-37(36(46)40-28-8-9-30-29(20-28)34(42-41-30)27-7-10-31-32(19-27)49-23-48-31)13-18-43(22-37)21-33(45)44-16-11-25(12-17-44)24-3-5-26(6-4-24)35-38-14-2-15-39-35;1-48-36(35(47)41-27-8-10-31-28(20-27)33(43-42-31)26-7-9-29(37)30(38)19-26)13-18-44(22-36)21-32(46)45-16-11-24(12-17-45)23-3-5-25(6-4-23)34-39-14-2-15-40-34;1-45-35(34(44)38-28-10-11-30-29(20-28)32(40-39-30)25-6-8-27(36)9-7-25)14-18-41(22-35)21-31(43)42-16-12-24(13-17-42)23-2-4-26(5-3-23)33-37-15-19-46-33/h2-11,14-15,19-20H,12-13,16-18,21-23H2,1H3,(H,40,46)(H,41,42);2-11,14-15,19-20H,12-13,16-18,21-22,38H2,1H3,(H,41,47)(H,42,43);2-12,15,19-20H,13-14,16-18,21-22H2,1H3,(H,38,44)(H,39,40)/t37-;36-;35-/m000/s1. The van der Waals surface area contributed by atoms with Crippen LogP contribution in [0.15, 0.2) is 255 Å². The van der Waals surface area contributed by atoms with Crippen molar-refractivity contribution in [3.05, 3.63) is 283 Å². The number of likely N-dealkylation sites (tertiary alicyclic amines) is 3. The molecule has 32 nitrogen and oxygen atoms in total. The van der Waals surface area contributed by atoms with E-state index in [2.05, 4.69) is 138 Å². The largest absolute Gasteiger partial charge is 0.454 e. The number of aromatic amines is 3. The molecule has 22 rings (SSSR count). The van der Waals surface area contributed by atoms with Crippen molar-refractivity contribution >= 4 is 119 Å². The predicted molar refractivity (Wildman–Crippen MR) is 543 cm³/mol. The van der Waals surface area contributed by atoms with Crippen LogP contribution in [0.5, 0.6) is 11.5 Å². The van der Waals surface area contributed by atoms with E-state index in [0.29, 0.717) is 155 Å². The molecule has 6 aromatic heterocycles. The molecule has 7 aliphatic heterocycles. The van der Waals surface area contributed by atoms with Crippen LogP contribution in [0.3, 0.4) is 0 Å². The van der Waals surface area contributed by atoms with Crippen molar-refractivity contribution in [2.45, 2.75) is 55.3 Å². The van der Waals surface area contributed by atoms with E-state index in [9.17, 15) is 37.5 Å². The molecule has 13 heterocycles. The Morgan fingerprint density at radius 1 is 0.406 bits per heavy atom. The number of carbonyl (C=O) groups is 6. The molecule has 6 amide bonds. The number of thiazole rings is 1. The minimum Gasteiger partial charge on any atom is -0.454 e. The summed E-state index contributed by atoms with van der Waals surface area (Å²) in [7, 11) is 4.62. The Morgan fingerprint density at radius 2 is 0.769 bits per heavy atom. The second-order valence-corrected chi connectivity index (χ2v) is 37.2. The Labute approximate surface area is 825 Å². The molecule has 9 aromatic carbocycles. The lowest BCUT2D eigenvalue weighted by atomic mass is 9.98. The van der Waals surface area contributed by atoms with Gasteiger partial charge in [0.1, 0.15) is 28.0 Å². The number of aromatic nitrogens is 11. The summed E-state index contributed by atoms with van der Waals surface area (Å²) in [6.07, 6.45) is 18.8. The van der Waals surface area contributed by atoms with Gasteiger partial charge in [-0.25, -0.2) is 33.7 Å². The summed E-state index contributed by atoms with van der Waals surface area (Å²) >= 11 is 1.62. The van der Waals surface area contributed by atoms with Gasteiger partial charge in [-0.05, 0) is 199 Å². The zero-order valence-electron chi connectivity index (χ0n) is 78.8. The Morgan fingerprint density at radius 3 is 1.15 bits per heavy atom. The number of fused-ring (bicyclic) bond motifs is 4. The zero-order valence-corrected chi connectivity index (χ0v) is 79.6. The normalized spacial score (nSPS) is 18.6. The monoisotopic (exact) mass is 1940 g/mol. The van der Waals surface area contributed by atoms with Gasteiger partial charge in [-0.2, -0.15) is 15.3 Å². The van der Waals surface area contributed by atoms with Gasteiger partial charge in [0.25, 0.3) is 17.7 Å². The number of methoxy groups -OCH3 is 3. The number of nitrogen functional groups attached to an aromatic ring is 1. The van der Waals surface area contributed by atoms with Gasteiger partial charge >= 0.3 is 0 Å². The van der Waals surface area contributed by atoms with E-state index in [1.54, 1.807) is 85.7 Å². The van der Waals surface area contributed by atoms with E-state index in [4.69, 9.17) is 29.4 Å². The van der Waals surface area contributed by atoms with Crippen molar-refractivity contribution in [1.29, 1.82) is 0 Å². The lowest BCUT2D eigenvalue weighted by molar-refractivity contribution is -0.138. The minimum atomic E-state index is -1.11. The molecule has 726 valence electrons. The Bertz CT molecular complexity index is 7360. The quantitative estimate of drug-likeness (QED) is 0.0276. The number of nitrogens with two attached hydrogens (primary N) is 1. The van der Waals surface area contributed by atoms with Crippen LogP contribution in [0.1, 0.15) is 55.2 Å². The van der Waals surface area contributed by atoms with Crippen molar-refractivity contribution in [2.75, 3.05) is 148 Å². The lowest BCUT2D eigenvalue weighted by Crippen LogP contribution is -2.48. The number of H-pyrrole nitrogens is 3. The van der Waals surface area contributed by atoms with Gasteiger partial charge in [-0.1, -0.05) is 91.0 Å². The number of nitrogens with zero attached hydrogens (tertiary/aromatic N) is 14. The third-order valence-electron chi connectivity index (χ3n) is 27.7. The van der Waals surface area contributed by atoms with Crippen LogP contribution in [0.2, 0.25) is 0 Å². The number of rotatable bonds is 24. The van der Waals surface area contributed by atoms with Crippen molar-refractivity contribution in [2.24, 2.45) is 0 Å². The summed E-state index contributed by atoms with van der Waals surface area (Å²) in [5.41, 5.74) is 21.2.